The predicted octanol–water partition coefficient (Wildman–Crippen LogP) is 3.80. The van der Waals surface area contributed by atoms with Gasteiger partial charge in [-0.3, -0.25) is 14.5 Å². The highest BCUT2D eigenvalue weighted by atomic mass is 16.5. The molecule has 0 aliphatic carbocycles. The van der Waals surface area contributed by atoms with Crippen molar-refractivity contribution in [1.82, 2.24) is 15.5 Å². The fourth-order valence-corrected chi connectivity index (χ4v) is 4.24. The summed E-state index contributed by atoms with van der Waals surface area (Å²) >= 11 is 0. The number of amides is 4. The van der Waals surface area contributed by atoms with Gasteiger partial charge in [-0.2, -0.15) is 0 Å². The number of fused-ring (bicyclic) bond motifs is 1. The largest absolute Gasteiger partial charge is 0.496 e. The van der Waals surface area contributed by atoms with Gasteiger partial charge < -0.3 is 15.4 Å². The van der Waals surface area contributed by atoms with E-state index in [1.54, 1.807) is 14.0 Å². The number of urea groups is 1. The Morgan fingerprint density at radius 3 is 2.55 bits per heavy atom. The summed E-state index contributed by atoms with van der Waals surface area (Å²) in [6.45, 7) is 5.08. The highest BCUT2D eigenvalue weighted by molar-refractivity contribution is 6.09. The molecule has 0 aromatic heterocycles. The molecule has 3 aromatic carbocycles. The third kappa shape index (κ3) is 4.14. The van der Waals surface area contributed by atoms with Crippen LogP contribution in [0.3, 0.4) is 0 Å². The Bertz CT molecular complexity index is 1260. The van der Waals surface area contributed by atoms with Crippen LogP contribution in [0.15, 0.2) is 60.7 Å². The van der Waals surface area contributed by atoms with E-state index < -0.39 is 23.4 Å². The SMILES string of the molecule is COc1ccc(C)cc1C(C)NC(=O)CN1C(=O)NC(C)(c2ccc3ccccc3c2)C1=O. The van der Waals surface area contributed by atoms with Crippen LogP contribution in [0.1, 0.15) is 36.6 Å². The quantitative estimate of drug-likeness (QED) is 0.565. The Balaban J connectivity index is 1.50. The van der Waals surface area contributed by atoms with Crippen molar-refractivity contribution in [2.45, 2.75) is 32.4 Å². The van der Waals surface area contributed by atoms with Gasteiger partial charge >= 0.3 is 6.03 Å². The lowest BCUT2D eigenvalue weighted by Crippen LogP contribution is -2.43. The summed E-state index contributed by atoms with van der Waals surface area (Å²) in [4.78, 5) is 39.6. The lowest BCUT2D eigenvalue weighted by atomic mass is 9.90. The molecule has 2 N–H and O–H groups in total. The molecule has 4 rings (SSSR count). The van der Waals surface area contributed by atoms with Crippen LogP contribution in [0, 0.1) is 6.92 Å². The molecule has 1 heterocycles. The number of hydrogen-bond donors (Lipinski definition) is 2. The zero-order chi connectivity index (χ0) is 23.8. The van der Waals surface area contributed by atoms with E-state index in [4.69, 9.17) is 4.74 Å². The minimum atomic E-state index is -1.24. The summed E-state index contributed by atoms with van der Waals surface area (Å²) in [6, 6.07) is 18.2. The lowest BCUT2D eigenvalue weighted by Gasteiger charge is -2.23. The van der Waals surface area contributed by atoms with Gasteiger partial charge in [0.1, 0.15) is 17.8 Å². The predicted molar refractivity (Wildman–Crippen MR) is 126 cm³/mol. The number of methoxy groups -OCH3 is 1. The van der Waals surface area contributed by atoms with Crippen molar-refractivity contribution in [3.8, 4) is 5.75 Å². The van der Waals surface area contributed by atoms with E-state index in [0.717, 1.165) is 26.8 Å². The number of hydrogen-bond acceptors (Lipinski definition) is 4. The van der Waals surface area contributed by atoms with Gasteiger partial charge in [0.25, 0.3) is 5.91 Å². The third-order valence-electron chi connectivity index (χ3n) is 6.13. The maximum atomic E-state index is 13.3. The van der Waals surface area contributed by atoms with Crippen LogP contribution < -0.4 is 15.4 Å². The van der Waals surface area contributed by atoms with E-state index in [1.165, 1.54) is 0 Å². The fraction of sp³-hybridized carbons (Fsp3) is 0.269. The van der Waals surface area contributed by atoms with Crippen molar-refractivity contribution in [3.05, 3.63) is 77.4 Å². The second-order valence-corrected chi connectivity index (χ2v) is 8.54. The number of rotatable bonds is 6. The number of ether oxygens (including phenoxy) is 1. The van der Waals surface area contributed by atoms with Crippen molar-refractivity contribution in [3.63, 3.8) is 0 Å². The Morgan fingerprint density at radius 1 is 1.09 bits per heavy atom. The number of nitrogens with zero attached hydrogens (tertiary/aromatic N) is 1. The minimum Gasteiger partial charge on any atom is -0.496 e. The Kier molecular flexibility index (Phi) is 5.80. The highest BCUT2D eigenvalue weighted by Gasteiger charge is 2.49. The van der Waals surface area contributed by atoms with E-state index in [2.05, 4.69) is 10.6 Å². The maximum absolute atomic E-state index is 13.3. The first-order chi connectivity index (χ1) is 15.7. The topological polar surface area (TPSA) is 87.7 Å². The summed E-state index contributed by atoms with van der Waals surface area (Å²) in [5.74, 6) is -0.233. The molecule has 170 valence electrons. The van der Waals surface area contributed by atoms with Gasteiger partial charge in [0.05, 0.1) is 13.2 Å². The minimum absolute atomic E-state index is 0.361. The van der Waals surface area contributed by atoms with Crippen LogP contribution in [0.2, 0.25) is 0 Å². The Hall–Kier alpha value is -3.87. The van der Waals surface area contributed by atoms with Crippen LogP contribution in [-0.2, 0) is 15.1 Å². The molecular weight excluding hydrogens is 418 g/mol. The van der Waals surface area contributed by atoms with Crippen molar-refractivity contribution in [2.24, 2.45) is 0 Å². The van der Waals surface area contributed by atoms with E-state index in [-0.39, 0.29) is 12.6 Å². The molecule has 4 amide bonds. The van der Waals surface area contributed by atoms with Crippen LogP contribution in [0.5, 0.6) is 5.75 Å². The van der Waals surface area contributed by atoms with Gasteiger partial charge in [-0.15, -0.1) is 0 Å². The molecule has 0 saturated carbocycles. The van der Waals surface area contributed by atoms with Gasteiger partial charge in [0.2, 0.25) is 5.91 Å². The summed E-state index contributed by atoms with van der Waals surface area (Å²) in [5, 5.41) is 7.64. The molecule has 7 heteroatoms. The molecule has 0 radical (unpaired) electrons. The number of imide groups is 1. The average molecular weight is 446 g/mol. The molecule has 1 fully saturated rings. The van der Waals surface area contributed by atoms with Gasteiger partial charge in [-0.05, 0) is 49.2 Å². The number of aryl methyl sites for hydroxylation is 1. The first kappa shape index (κ1) is 22.3. The zero-order valence-corrected chi connectivity index (χ0v) is 19.1. The van der Waals surface area contributed by atoms with E-state index in [1.807, 2.05) is 74.5 Å². The second-order valence-electron chi connectivity index (χ2n) is 8.54. The van der Waals surface area contributed by atoms with Gasteiger partial charge in [-0.1, -0.05) is 54.1 Å². The molecule has 2 unspecified atom stereocenters. The third-order valence-corrected chi connectivity index (χ3v) is 6.13. The molecular formula is C26H27N3O4. The molecule has 1 saturated heterocycles. The molecule has 7 nitrogen and oxygen atoms in total. The molecule has 0 spiro atoms. The molecule has 33 heavy (non-hydrogen) atoms. The number of carbonyl (C=O) groups is 3. The summed E-state index contributed by atoms with van der Waals surface area (Å²) in [7, 11) is 1.57. The lowest BCUT2D eigenvalue weighted by molar-refractivity contribution is -0.135. The number of carbonyl (C=O) groups excluding carboxylic acids is 3. The molecule has 1 aliphatic heterocycles. The van der Waals surface area contributed by atoms with Gasteiger partial charge in [-0.25, -0.2) is 4.79 Å². The monoisotopic (exact) mass is 445 g/mol. The normalized spacial score (nSPS) is 18.8. The van der Waals surface area contributed by atoms with Crippen LogP contribution in [-0.4, -0.2) is 36.4 Å². The van der Waals surface area contributed by atoms with E-state index >= 15 is 0 Å². The Morgan fingerprint density at radius 2 is 1.82 bits per heavy atom. The molecule has 2 atom stereocenters. The highest BCUT2D eigenvalue weighted by Crippen LogP contribution is 2.31. The summed E-state index contributed by atoms with van der Waals surface area (Å²) in [6.07, 6.45) is 0. The number of nitrogens with one attached hydrogen (secondary N) is 2. The van der Waals surface area contributed by atoms with E-state index in [0.29, 0.717) is 11.3 Å². The van der Waals surface area contributed by atoms with Crippen LogP contribution in [0.25, 0.3) is 10.8 Å². The van der Waals surface area contributed by atoms with Crippen molar-refractivity contribution < 1.29 is 19.1 Å². The maximum Gasteiger partial charge on any atom is 0.325 e. The number of benzene rings is 3. The van der Waals surface area contributed by atoms with Crippen LogP contribution >= 0.6 is 0 Å². The average Bonchev–Trinajstić information content (AvgIpc) is 3.02. The zero-order valence-electron chi connectivity index (χ0n) is 19.1. The van der Waals surface area contributed by atoms with Gasteiger partial charge in [0, 0.05) is 5.56 Å². The smallest absolute Gasteiger partial charge is 0.325 e. The van der Waals surface area contributed by atoms with E-state index in [9.17, 15) is 14.4 Å². The second kappa shape index (κ2) is 8.58. The fourth-order valence-electron chi connectivity index (χ4n) is 4.24. The molecule has 0 bridgehead atoms. The molecule has 1 aliphatic rings. The van der Waals surface area contributed by atoms with Crippen molar-refractivity contribution in [2.75, 3.05) is 13.7 Å². The van der Waals surface area contributed by atoms with Gasteiger partial charge in [0.15, 0.2) is 0 Å². The van der Waals surface area contributed by atoms with Crippen LogP contribution in [0.4, 0.5) is 4.79 Å². The van der Waals surface area contributed by atoms with Crippen molar-refractivity contribution in [1.29, 1.82) is 0 Å². The molecule has 3 aromatic rings. The summed E-state index contributed by atoms with van der Waals surface area (Å²) in [5.41, 5.74) is 1.28. The van der Waals surface area contributed by atoms with Crippen molar-refractivity contribution >= 4 is 28.6 Å². The first-order valence-corrected chi connectivity index (χ1v) is 10.8. The summed E-state index contributed by atoms with van der Waals surface area (Å²) < 4.78 is 5.40. The Labute approximate surface area is 192 Å². The standard InChI is InChI=1S/C26H27N3O4/c1-16-9-12-22(33-4)21(13-16)17(2)27-23(30)15-29-24(31)26(3,28-25(29)32)20-11-10-18-7-5-6-8-19(18)14-20/h5-14,17H,15H2,1-4H3,(H,27,30)(H,28,32). The first-order valence-electron chi connectivity index (χ1n) is 10.8.